The molecule has 1 saturated heterocycles. The molecular weight excluding hydrogens is 272 g/mol. The number of carbonyl (C=O) groups excluding carboxylic acids is 1. The third kappa shape index (κ3) is 4.19. The van der Waals surface area contributed by atoms with Crippen LogP contribution < -0.4 is 4.74 Å². The van der Waals surface area contributed by atoms with Gasteiger partial charge in [0.15, 0.2) is 6.61 Å². The van der Waals surface area contributed by atoms with Gasteiger partial charge in [-0.1, -0.05) is 12.1 Å². The Balaban J connectivity index is 1.87. The Kier molecular flexibility index (Phi) is 5.57. The molecule has 1 N–H and O–H groups in total. The van der Waals surface area contributed by atoms with Crippen molar-refractivity contribution in [3.63, 3.8) is 0 Å². The third-order valence-corrected chi connectivity index (χ3v) is 3.37. The summed E-state index contributed by atoms with van der Waals surface area (Å²) in [6.45, 7) is 4.35. The van der Waals surface area contributed by atoms with Gasteiger partial charge in [-0.05, 0) is 36.2 Å². The van der Waals surface area contributed by atoms with E-state index in [0.29, 0.717) is 44.2 Å². The van der Waals surface area contributed by atoms with E-state index in [-0.39, 0.29) is 12.5 Å². The number of hydrogen-bond acceptors (Lipinski definition) is 5. The number of benzene rings is 1. The number of amides is 1. The number of rotatable bonds is 5. The van der Waals surface area contributed by atoms with Gasteiger partial charge in [0.2, 0.25) is 0 Å². The molecule has 6 heteroatoms. The van der Waals surface area contributed by atoms with Crippen LogP contribution in [0.1, 0.15) is 18.9 Å². The standard InChI is InChI=1S/C15H20N2O4/c1-2-14(16-19)12-3-5-13(6-4-12)21-11-15(18)17-7-9-20-10-8-17/h3-6,19H,2,7-11H2,1H3/b16-14+. The quantitative estimate of drug-likeness (QED) is 0.507. The lowest BCUT2D eigenvalue weighted by Crippen LogP contribution is -2.42. The summed E-state index contributed by atoms with van der Waals surface area (Å²) in [6, 6.07) is 7.16. The second kappa shape index (κ2) is 7.64. The summed E-state index contributed by atoms with van der Waals surface area (Å²) >= 11 is 0. The smallest absolute Gasteiger partial charge is 0.260 e. The van der Waals surface area contributed by atoms with Crippen LogP contribution in [0.4, 0.5) is 0 Å². The molecule has 1 fully saturated rings. The van der Waals surface area contributed by atoms with Gasteiger partial charge in [-0.25, -0.2) is 0 Å². The van der Waals surface area contributed by atoms with Crippen molar-refractivity contribution in [2.75, 3.05) is 32.9 Å². The van der Waals surface area contributed by atoms with Crippen molar-refractivity contribution in [2.45, 2.75) is 13.3 Å². The number of hydrogen-bond donors (Lipinski definition) is 1. The fourth-order valence-corrected chi connectivity index (χ4v) is 2.13. The fourth-order valence-electron chi connectivity index (χ4n) is 2.13. The predicted octanol–water partition coefficient (Wildman–Crippen LogP) is 1.51. The van der Waals surface area contributed by atoms with Gasteiger partial charge in [-0.15, -0.1) is 0 Å². The van der Waals surface area contributed by atoms with Gasteiger partial charge in [-0.2, -0.15) is 0 Å². The molecule has 0 aliphatic carbocycles. The highest BCUT2D eigenvalue weighted by molar-refractivity contribution is 6.00. The van der Waals surface area contributed by atoms with Crippen LogP contribution >= 0.6 is 0 Å². The van der Waals surface area contributed by atoms with Crippen LogP contribution in [-0.4, -0.2) is 54.6 Å². The molecule has 0 aromatic heterocycles. The van der Waals surface area contributed by atoms with Crippen molar-refractivity contribution in [3.8, 4) is 5.75 Å². The molecule has 0 unspecified atom stereocenters. The average molecular weight is 292 g/mol. The molecule has 1 aliphatic heterocycles. The second-order valence-electron chi connectivity index (χ2n) is 4.71. The Hall–Kier alpha value is -2.08. The first kappa shape index (κ1) is 15.3. The first-order valence-electron chi connectivity index (χ1n) is 7.04. The van der Waals surface area contributed by atoms with Gasteiger partial charge >= 0.3 is 0 Å². The number of morpholine rings is 1. The molecular formula is C15H20N2O4. The van der Waals surface area contributed by atoms with E-state index in [1.165, 1.54) is 0 Å². The van der Waals surface area contributed by atoms with Crippen LogP contribution in [0, 0.1) is 0 Å². The fraction of sp³-hybridized carbons (Fsp3) is 0.467. The van der Waals surface area contributed by atoms with Crippen LogP contribution in [0.15, 0.2) is 29.4 Å². The summed E-state index contributed by atoms with van der Waals surface area (Å²) < 4.78 is 10.7. The maximum Gasteiger partial charge on any atom is 0.260 e. The van der Waals surface area contributed by atoms with E-state index in [1.807, 2.05) is 19.1 Å². The van der Waals surface area contributed by atoms with Crippen molar-refractivity contribution in [3.05, 3.63) is 29.8 Å². The molecule has 1 aromatic rings. The molecule has 0 radical (unpaired) electrons. The zero-order valence-electron chi connectivity index (χ0n) is 12.1. The Morgan fingerprint density at radius 1 is 1.33 bits per heavy atom. The zero-order chi connectivity index (χ0) is 15.1. The summed E-state index contributed by atoms with van der Waals surface area (Å²) in [5.74, 6) is 0.585. The lowest BCUT2D eigenvalue weighted by atomic mass is 10.1. The SMILES string of the molecule is CC/C(=N\O)c1ccc(OCC(=O)N2CCOCC2)cc1. The van der Waals surface area contributed by atoms with E-state index in [4.69, 9.17) is 14.7 Å². The first-order valence-corrected chi connectivity index (χ1v) is 7.04. The molecule has 0 saturated carbocycles. The highest BCUT2D eigenvalue weighted by Crippen LogP contribution is 2.14. The molecule has 1 aromatic carbocycles. The molecule has 1 aliphatic rings. The van der Waals surface area contributed by atoms with E-state index in [2.05, 4.69) is 5.16 Å². The molecule has 0 atom stereocenters. The van der Waals surface area contributed by atoms with Gasteiger partial charge in [-0.3, -0.25) is 4.79 Å². The number of ether oxygens (including phenoxy) is 2. The van der Waals surface area contributed by atoms with Crippen molar-refractivity contribution in [2.24, 2.45) is 5.16 Å². The van der Waals surface area contributed by atoms with E-state index in [0.717, 1.165) is 5.56 Å². The third-order valence-electron chi connectivity index (χ3n) is 3.37. The number of carbonyl (C=O) groups is 1. The lowest BCUT2D eigenvalue weighted by molar-refractivity contribution is -0.137. The largest absolute Gasteiger partial charge is 0.484 e. The van der Waals surface area contributed by atoms with Gasteiger partial charge in [0.1, 0.15) is 5.75 Å². The van der Waals surface area contributed by atoms with Crippen LogP contribution in [0.2, 0.25) is 0 Å². The van der Waals surface area contributed by atoms with Crippen molar-refractivity contribution in [1.29, 1.82) is 0 Å². The van der Waals surface area contributed by atoms with E-state index in [1.54, 1.807) is 17.0 Å². The van der Waals surface area contributed by atoms with Crippen molar-refractivity contribution >= 4 is 11.6 Å². The normalized spacial score (nSPS) is 15.9. The van der Waals surface area contributed by atoms with E-state index >= 15 is 0 Å². The minimum Gasteiger partial charge on any atom is -0.484 e. The van der Waals surface area contributed by atoms with Crippen LogP contribution in [0.25, 0.3) is 0 Å². The van der Waals surface area contributed by atoms with E-state index in [9.17, 15) is 4.79 Å². The average Bonchev–Trinajstić information content (AvgIpc) is 2.55. The Morgan fingerprint density at radius 3 is 2.57 bits per heavy atom. The second-order valence-corrected chi connectivity index (χ2v) is 4.71. The molecule has 0 spiro atoms. The molecule has 21 heavy (non-hydrogen) atoms. The molecule has 1 heterocycles. The van der Waals surface area contributed by atoms with E-state index < -0.39 is 0 Å². The van der Waals surface area contributed by atoms with Gasteiger partial charge in [0.05, 0.1) is 18.9 Å². The van der Waals surface area contributed by atoms with Gasteiger partial charge in [0, 0.05) is 13.1 Å². The highest BCUT2D eigenvalue weighted by atomic mass is 16.5. The topological polar surface area (TPSA) is 71.4 Å². The number of nitrogens with zero attached hydrogens (tertiary/aromatic N) is 2. The minimum absolute atomic E-state index is 0.0219. The monoisotopic (exact) mass is 292 g/mol. The van der Waals surface area contributed by atoms with Crippen LogP contribution in [0.3, 0.4) is 0 Å². The summed E-state index contributed by atoms with van der Waals surface area (Å²) in [5, 5.41) is 12.1. The predicted molar refractivity (Wildman–Crippen MR) is 78.0 cm³/mol. The molecule has 114 valence electrons. The summed E-state index contributed by atoms with van der Waals surface area (Å²) in [7, 11) is 0. The number of oxime groups is 1. The summed E-state index contributed by atoms with van der Waals surface area (Å²) in [6.07, 6.45) is 0.645. The summed E-state index contributed by atoms with van der Waals surface area (Å²) in [5.41, 5.74) is 1.46. The summed E-state index contributed by atoms with van der Waals surface area (Å²) in [4.78, 5) is 13.7. The lowest BCUT2D eigenvalue weighted by Gasteiger charge is -2.26. The Bertz CT molecular complexity index is 493. The van der Waals surface area contributed by atoms with Crippen LogP contribution in [0.5, 0.6) is 5.75 Å². The van der Waals surface area contributed by atoms with Gasteiger partial charge < -0.3 is 19.6 Å². The van der Waals surface area contributed by atoms with Crippen LogP contribution in [-0.2, 0) is 9.53 Å². The van der Waals surface area contributed by atoms with Gasteiger partial charge in [0.25, 0.3) is 5.91 Å². The maximum absolute atomic E-state index is 11.9. The first-order chi connectivity index (χ1) is 10.2. The Morgan fingerprint density at radius 2 is 2.00 bits per heavy atom. The zero-order valence-corrected chi connectivity index (χ0v) is 12.1. The molecule has 1 amide bonds. The van der Waals surface area contributed by atoms with Crippen molar-refractivity contribution in [1.82, 2.24) is 4.90 Å². The van der Waals surface area contributed by atoms with Crippen molar-refractivity contribution < 1.29 is 19.5 Å². The molecule has 6 nitrogen and oxygen atoms in total. The molecule has 0 bridgehead atoms. The minimum atomic E-state index is -0.0338. The Labute approximate surface area is 124 Å². The highest BCUT2D eigenvalue weighted by Gasteiger charge is 2.17. The maximum atomic E-state index is 11.9. The molecule has 2 rings (SSSR count).